The molecule has 0 unspecified atom stereocenters. The first-order valence-corrected chi connectivity index (χ1v) is 6.96. The first kappa shape index (κ1) is 16.3. The summed E-state index contributed by atoms with van der Waals surface area (Å²) in [5.41, 5.74) is 0.930. The maximum Gasteiger partial charge on any atom is 0.416 e. The molecule has 0 radical (unpaired) electrons. The number of hydrogen-bond donors (Lipinski definition) is 0. The van der Waals surface area contributed by atoms with Crippen LogP contribution in [0, 0.1) is 0 Å². The normalized spacial score (nSPS) is 18.4. The summed E-state index contributed by atoms with van der Waals surface area (Å²) in [4.78, 5) is 24.6. The third kappa shape index (κ3) is 4.47. The molecule has 2 amide bonds. The molecule has 1 atom stereocenters. The van der Waals surface area contributed by atoms with Gasteiger partial charge in [0, 0.05) is 12.8 Å². The SMILES string of the molecule is O=C(CCCC(F)(F)F)N1C(=O)OC[C@H]1Cc1ccccc1. The maximum absolute atomic E-state index is 12.1. The van der Waals surface area contributed by atoms with E-state index in [4.69, 9.17) is 4.74 Å². The van der Waals surface area contributed by atoms with Crippen molar-refractivity contribution < 1.29 is 27.5 Å². The lowest BCUT2D eigenvalue weighted by atomic mass is 10.1. The molecule has 0 aromatic heterocycles. The molecule has 0 N–H and O–H groups in total. The minimum Gasteiger partial charge on any atom is -0.447 e. The van der Waals surface area contributed by atoms with Gasteiger partial charge < -0.3 is 4.74 Å². The molecule has 1 aliphatic heterocycles. The van der Waals surface area contributed by atoms with Crippen LogP contribution in [0.3, 0.4) is 0 Å². The molecule has 0 saturated carbocycles. The van der Waals surface area contributed by atoms with Crippen molar-refractivity contribution in [3.05, 3.63) is 35.9 Å². The second-order valence-corrected chi connectivity index (χ2v) is 5.15. The molecule has 1 fully saturated rings. The van der Waals surface area contributed by atoms with Crippen molar-refractivity contribution in [2.45, 2.75) is 37.9 Å². The molecule has 0 aliphatic carbocycles. The van der Waals surface area contributed by atoms with E-state index in [1.54, 1.807) is 0 Å². The summed E-state index contributed by atoms with van der Waals surface area (Å²) in [5.74, 6) is -0.618. The first-order chi connectivity index (χ1) is 10.4. The van der Waals surface area contributed by atoms with E-state index in [1.807, 2.05) is 30.3 Å². The molecule has 7 heteroatoms. The van der Waals surface area contributed by atoms with Gasteiger partial charge in [-0.25, -0.2) is 9.69 Å². The summed E-state index contributed by atoms with van der Waals surface area (Å²) in [5, 5.41) is 0. The fourth-order valence-electron chi connectivity index (χ4n) is 2.36. The van der Waals surface area contributed by atoms with E-state index in [-0.39, 0.29) is 19.4 Å². The van der Waals surface area contributed by atoms with Gasteiger partial charge in [-0.15, -0.1) is 0 Å². The lowest BCUT2D eigenvalue weighted by Crippen LogP contribution is -2.40. The Kier molecular flexibility index (Phi) is 5.05. The molecule has 1 saturated heterocycles. The molecule has 120 valence electrons. The molecule has 22 heavy (non-hydrogen) atoms. The fraction of sp³-hybridized carbons (Fsp3) is 0.467. The third-order valence-electron chi connectivity index (χ3n) is 3.39. The number of carbonyl (C=O) groups is 2. The van der Waals surface area contributed by atoms with Crippen LogP contribution in [0.4, 0.5) is 18.0 Å². The van der Waals surface area contributed by atoms with Crippen LogP contribution in [0.25, 0.3) is 0 Å². The topological polar surface area (TPSA) is 46.6 Å². The van der Waals surface area contributed by atoms with Crippen molar-refractivity contribution in [3.63, 3.8) is 0 Å². The highest BCUT2D eigenvalue weighted by molar-refractivity contribution is 5.93. The maximum atomic E-state index is 12.1. The number of imide groups is 1. The highest BCUT2D eigenvalue weighted by Crippen LogP contribution is 2.24. The smallest absolute Gasteiger partial charge is 0.416 e. The van der Waals surface area contributed by atoms with Crippen LogP contribution in [0.1, 0.15) is 24.8 Å². The zero-order valence-corrected chi connectivity index (χ0v) is 11.8. The number of alkyl halides is 3. The Bertz CT molecular complexity index is 531. The van der Waals surface area contributed by atoms with Crippen LogP contribution in [-0.4, -0.2) is 35.7 Å². The van der Waals surface area contributed by atoms with Gasteiger partial charge in [-0.05, 0) is 18.4 Å². The van der Waals surface area contributed by atoms with Crippen molar-refractivity contribution in [3.8, 4) is 0 Å². The molecule has 2 rings (SSSR count). The Morgan fingerprint density at radius 2 is 1.95 bits per heavy atom. The predicted molar refractivity (Wildman–Crippen MR) is 72.0 cm³/mol. The largest absolute Gasteiger partial charge is 0.447 e. The second-order valence-electron chi connectivity index (χ2n) is 5.15. The molecule has 1 aliphatic rings. The van der Waals surface area contributed by atoms with Gasteiger partial charge in [0.05, 0.1) is 6.04 Å². The van der Waals surface area contributed by atoms with E-state index in [0.717, 1.165) is 10.5 Å². The highest BCUT2D eigenvalue weighted by atomic mass is 19.4. The van der Waals surface area contributed by atoms with Gasteiger partial charge in [-0.3, -0.25) is 4.79 Å². The minimum atomic E-state index is -4.30. The van der Waals surface area contributed by atoms with Gasteiger partial charge in [0.1, 0.15) is 6.61 Å². The summed E-state index contributed by atoms with van der Waals surface area (Å²) in [7, 11) is 0. The second kappa shape index (κ2) is 6.81. The summed E-state index contributed by atoms with van der Waals surface area (Å²) in [6.45, 7) is 0.0682. The van der Waals surface area contributed by atoms with Crippen LogP contribution < -0.4 is 0 Å². The number of nitrogens with zero attached hydrogens (tertiary/aromatic N) is 1. The van der Waals surface area contributed by atoms with E-state index in [9.17, 15) is 22.8 Å². The highest BCUT2D eigenvalue weighted by Gasteiger charge is 2.38. The molecule has 0 spiro atoms. The monoisotopic (exact) mass is 315 g/mol. The molecular formula is C15H16F3NO3. The van der Waals surface area contributed by atoms with Crippen LogP contribution in [0.5, 0.6) is 0 Å². The number of hydrogen-bond acceptors (Lipinski definition) is 3. The van der Waals surface area contributed by atoms with Gasteiger partial charge in [-0.2, -0.15) is 13.2 Å². The van der Waals surface area contributed by atoms with Gasteiger partial charge >= 0.3 is 12.3 Å². The lowest BCUT2D eigenvalue weighted by molar-refractivity contribution is -0.139. The van der Waals surface area contributed by atoms with Crippen LogP contribution >= 0.6 is 0 Å². The number of rotatable bonds is 5. The van der Waals surface area contributed by atoms with E-state index in [2.05, 4.69) is 0 Å². The number of carbonyl (C=O) groups excluding carboxylic acids is 2. The number of amides is 2. The number of ether oxygens (including phenoxy) is 1. The van der Waals surface area contributed by atoms with Gasteiger partial charge in [0.15, 0.2) is 0 Å². The zero-order valence-electron chi connectivity index (χ0n) is 11.8. The van der Waals surface area contributed by atoms with E-state index < -0.39 is 30.6 Å². The number of halogens is 3. The summed E-state index contributed by atoms with van der Waals surface area (Å²) < 4.78 is 41.2. The Hall–Kier alpha value is -2.05. The fourth-order valence-corrected chi connectivity index (χ4v) is 2.36. The van der Waals surface area contributed by atoms with Crippen LogP contribution in [-0.2, 0) is 16.0 Å². The Balaban J connectivity index is 1.94. The van der Waals surface area contributed by atoms with Crippen molar-refractivity contribution in [2.75, 3.05) is 6.61 Å². The first-order valence-electron chi connectivity index (χ1n) is 6.96. The van der Waals surface area contributed by atoms with Crippen LogP contribution in [0.15, 0.2) is 30.3 Å². The van der Waals surface area contributed by atoms with Crippen molar-refractivity contribution in [1.82, 2.24) is 4.90 Å². The molecular weight excluding hydrogens is 299 g/mol. The summed E-state index contributed by atoms with van der Waals surface area (Å²) in [6.07, 6.45) is -6.33. The average molecular weight is 315 g/mol. The summed E-state index contributed by atoms with van der Waals surface area (Å²) >= 11 is 0. The van der Waals surface area contributed by atoms with Crippen molar-refractivity contribution >= 4 is 12.0 Å². The number of cyclic esters (lactones) is 1. The van der Waals surface area contributed by atoms with E-state index >= 15 is 0 Å². The third-order valence-corrected chi connectivity index (χ3v) is 3.39. The Labute approximate surface area is 125 Å². The summed E-state index contributed by atoms with van der Waals surface area (Å²) in [6, 6.07) is 8.77. The predicted octanol–water partition coefficient (Wildman–Crippen LogP) is 3.31. The Morgan fingerprint density at radius 3 is 2.59 bits per heavy atom. The Morgan fingerprint density at radius 1 is 1.27 bits per heavy atom. The molecule has 4 nitrogen and oxygen atoms in total. The minimum absolute atomic E-state index is 0.0682. The van der Waals surface area contributed by atoms with E-state index in [0.29, 0.717) is 6.42 Å². The van der Waals surface area contributed by atoms with Crippen LogP contribution in [0.2, 0.25) is 0 Å². The molecule has 1 aromatic rings. The molecule has 0 bridgehead atoms. The number of benzene rings is 1. The standard InChI is InChI=1S/C15H16F3NO3/c16-15(17,18)8-4-7-13(20)19-12(10-22-14(19)21)9-11-5-2-1-3-6-11/h1-3,5-6,12H,4,7-10H2/t12-/m1/s1. The quantitative estimate of drug-likeness (QED) is 0.837. The van der Waals surface area contributed by atoms with Crippen molar-refractivity contribution in [1.29, 1.82) is 0 Å². The lowest BCUT2D eigenvalue weighted by Gasteiger charge is -2.19. The molecule has 1 aromatic carbocycles. The van der Waals surface area contributed by atoms with Gasteiger partial charge in [0.2, 0.25) is 5.91 Å². The average Bonchev–Trinajstić information content (AvgIpc) is 2.79. The van der Waals surface area contributed by atoms with E-state index in [1.165, 1.54) is 0 Å². The van der Waals surface area contributed by atoms with Crippen molar-refractivity contribution in [2.24, 2.45) is 0 Å². The van der Waals surface area contributed by atoms with Gasteiger partial charge in [0.25, 0.3) is 0 Å². The molecule has 1 heterocycles. The van der Waals surface area contributed by atoms with Gasteiger partial charge in [-0.1, -0.05) is 30.3 Å². The zero-order chi connectivity index (χ0) is 16.2.